The lowest BCUT2D eigenvalue weighted by molar-refractivity contribution is 0.721. The number of thioether (sulfide) groups is 1. The van der Waals surface area contributed by atoms with Crippen molar-refractivity contribution in [1.82, 2.24) is 4.98 Å². The highest BCUT2D eigenvalue weighted by Crippen LogP contribution is 2.28. The smallest absolute Gasteiger partial charge is 0.130 e. The van der Waals surface area contributed by atoms with Gasteiger partial charge in [-0.1, -0.05) is 37.3 Å². The van der Waals surface area contributed by atoms with Gasteiger partial charge in [-0.15, -0.1) is 0 Å². The summed E-state index contributed by atoms with van der Waals surface area (Å²) in [5.41, 5.74) is 7.80. The number of pyridine rings is 1. The largest absolute Gasteiger partial charge is 0.389 e. The first kappa shape index (κ1) is 14.6. The maximum absolute atomic E-state index is 5.91. The monoisotopic (exact) mass is 317 g/mol. The highest BCUT2D eigenvalue weighted by Gasteiger charge is 2.21. The molecule has 0 saturated carbocycles. The van der Waals surface area contributed by atoms with Crippen LogP contribution in [-0.2, 0) is 0 Å². The van der Waals surface area contributed by atoms with Crippen molar-refractivity contribution in [2.24, 2.45) is 5.73 Å². The third-order valence-corrected chi connectivity index (χ3v) is 5.48. The van der Waals surface area contributed by atoms with Crippen molar-refractivity contribution >= 4 is 45.7 Å². The fourth-order valence-electron chi connectivity index (χ4n) is 2.70. The Bertz CT molecular complexity index is 672. The van der Waals surface area contributed by atoms with Crippen LogP contribution in [0.15, 0.2) is 30.3 Å². The molecule has 1 saturated heterocycles. The molecule has 1 aromatic heterocycles. The number of rotatable bonds is 3. The molecule has 0 bridgehead atoms. The predicted molar refractivity (Wildman–Crippen MR) is 96.4 cm³/mol. The molecule has 5 heteroatoms. The van der Waals surface area contributed by atoms with E-state index >= 15 is 0 Å². The second-order valence-electron chi connectivity index (χ2n) is 5.26. The summed E-state index contributed by atoms with van der Waals surface area (Å²) in [6, 6.07) is 10.1. The number of aromatic nitrogens is 1. The molecule has 3 nitrogen and oxygen atoms in total. The summed E-state index contributed by atoms with van der Waals surface area (Å²) in [6.45, 7) is 4.32. The molecule has 1 aliphatic heterocycles. The number of benzene rings is 1. The SMILES string of the molecule is CCC1CN(c2cc(C(N)=S)c3ccccc3n2)CCS1. The molecule has 2 aromatic rings. The van der Waals surface area contributed by atoms with Crippen molar-refractivity contribution < 1.29 is 0 Å². The second-order valence-corrected chi connectivity index (χ2v) is 7.10. The topological polar surface area (TPSA) is 42.1 Å². The van der Waals surface area contributed by atoms with E-state index in [4.69, 9.17) is 22.9 Å². The van der Waals surface area contributed by atoms with E-state index in [1.165, 1.54) is 6.42 Å². The number of hydrogen-bond donors (Lipinski definition) is 1. The van der Waals surface area contributed by atoms with E-state index in [0.717, 1.165) is 41.1 Å². The first-order chi connectivity index (χ1) is 10.2. The lowest BCUT2D eigenvalue weighted by Gasteiger charge is -2.33. The van der Waals surface area contributed by atoms with Gasteiger partial charge in [0.2, 0.25) is 0 Å². The van der Waals surface area contributed by atoms with Crippen LogP contribution in [0.5, 0.6) is 0 Å². The van der Waals surface area contributed by atoms with Gasteiger partial charge >= 0.3 is 0 Å². The van der Waals surface area contributed by atoms with Gasteiger partial charge in [-0.05, 0) is 18.6 Å². The van der Waals surface area contributed by atoms with E-state index in [0.29, 0.717) is 10.2 Å². The first-order valence-corrected chi connectivity index (χ1v) is 8.71. The molecule has 21 heavy (non-hydrogen) atoms. The molecule has 0 radical (unpaired) electrons. The Balaban J connectivity index is 2.04. The van der Waals surface area contributed by atoms with Gasteiger partial charge in [-0.2, -0.15) is 11.8 Å². The minimum Gasteiger partial charge on any atom is -0.389 e. The van der Waals surface area contributed by atoms with Crippen molar-refractivity contribution in [3.63, 3.8) is 0 Å². The third kappa shape index (κ3) is 2.99. The van der Waals surface area contributed by atoms with E-state index in [-0.39, 0.29) is 0 Å². The van der Waals surface area contributed by atoms with Gasteiger partial charge in [-0.25, -0.2) is 4.98 Å². The zero-order valence-electron chi connectivity index (χ0n) is 12.1. The Kier molecular flexibility index (Phi) is 4.31. The van der Waals surface area contributed by atoms with E-state index in [1.54, 1.807) is 0 Å². The summed E-state index contributed by atoms with van der Waals surface area (Å²) in [4.78, 5) is 7.61. The van der Waals surface area contributed by atoms with E-state index in [9.17, 15) is 0 Å². The van der Waals surface area contributed by atoms with Crippen LogP contribution in [0.3, 0.4) is 0 Å². The molecule has 1 aliphatic rings. The Morgan fingerprint density at radius 3 is 3.05 bits per heavy atom. The molecular weight excluding hydrogens is 298 g/mol. The van der Waals surface area contributed by atoms with Crippen LogP contribution in [0.1, 0.15) is 18.9 Å². The number of thiocarbonyl (C=S) groups is 1. The standard InChI is InChI=1S/C16H19N3S2/c1-2-11-10-19(7-8-21-11)15-9-13(16(17)20)12-5-3-4-6-14(12)18-15/h3-6,9,11H,2,7-8,10H2,1H3,(H2,17,20). The fourth-order valence-corrected chi connectivity index (χ4v) is 4.05. The quantitative estimate of drug-likeness (QED) is 0.881. The molecule has 1 atom stereocenters. The van der Waals surface area contributed by atoms with Crippen molar-refractivity contribution in [3.8, 4) is 0 Å². The Morgan fingerprint density at radius 2 is 2.29 bits per heavy atom. The van der Waals surface area contributed by atoms with Gasteiger partial charge in [0.05, 0.1) is 5.52 Å². The molecule has 0 amide bonds. The highest BCUT2D eigenvalue weighted by atomic mass is 32.2. The van der Waals surface area contributed by atoms with Crippen LogP contribution in [0.4, 0.5) is 5.82 Å². The van der Waals surface area contributed by atoms with Gasteiger partial charge in [0.15, 0.2) is 0 Å². The number of nitrogens with two attached hydrogens (primary N) is 1. The summed E-state index contributed by atoms with van der Waals surface area (Å²) in [5, 5.41) is 1.72. The van der Waals surface area contributed by atoms with Crippen LogP contribution in [0.2, 0.25) is 0 Å². The number of fused-ring (bicyclic) bond motifs is 1. The summed E-state index contributed by atoms with van der Waals surface area (Å²) < 4.78 is 0. The van der Waals surface area contributed by atoms with Gasteiger partial charge in [0.25, 0.3) is 0 Å². The van der Waals surface area contributed by atoms with Crippen LogP contribution in [0, 0.1) is 0 Å². The van der Waals surface area contributed by atoms with E-state index in [1.807, 2.05) is 30.3 Å². The molecule has 3 rings (SSSR count). The van der Waals surface area contributed by atoms with Gasteiger partial charge in [0.1, 0.15) is 10.8 Å². The zero-order valence-corrected chi connectivity index (χ0v) is 13.7. The van der Waals surface area contributed by atoms with Gasteiger partial charge in [-0.3, -0.25) is 0 Å². The lowest BCUT2D eigenvalue weighted by Crippen LogP contribution is -2.38. The second kappa shape index (κ2) is 6.20. The molecule has 1 fully saturated rings. The van der Waals surface area contributed by atoms with Crippen molar-refractivity contribution in [2.45, 2.75) is 18.6 Å². The van der Waals surface area contributed by atoms with Gasteiger partial charge in [0, 0.05) is 35.0 Å². The van der Waals surface area contributed by atoms with Crippen LogP contribution in [0.25, 0.3) is 10.9 Å². The van der Waals surface area contributed by atoms with E-state index < -0.39 is 0 Å². The Labute approximate surface area is 134 Å². The molecule has 2 N–H and O–H groups in total. The Hall–Kier alpha value is -1.33. The predicted octanol–water partition coefficient (Wildman–Crippen LogP) is 3.20. The minimum absolute atomic E-state index is 0.438. The van der Waals surface area contributed by atoms with Gasteiger partial charge < -0.3 is 10.6 Å². The highest BCUT2D eigenvalue weighted by molar-refractivity contribution is 8.00. The summed E-state index contributed by atoms with van der Waals surface area (Å²) >= 11 is 7.28. The fraction of sp³-hybridized carbons (Fsp3) is 0.375. The molecule has 1 unspecified atom stereocenters. The maximum atomic E-state index is 5.91. The first-order valence-electron chi connectivity index (χ1n) is 7.25. The average Bonchev–Trinajstić information content (AvgIpc) is 2.53. The van der Waals surface area contributed by atoms with Crippen LogP contribution < -0.4 is 10.6 Å². The lowest BCUT2D eigenvalue weighted by atomic mass is 10.1. The molecule has 2 heterocycles. The summed E-state index contributed by atoms with van der Waals surface area (Å²) in [6.07, 6.45) is 1.19. The van der Waals surface area contributed by atoms with Crippen LogP contribution >= 0.6 is 24.0 Å². The van der Waals surface area contributed by atoms with Crippen molar-refractivity contribution in [3.05, 3.63) is 35.9 Å². The molecule has 1 aromatic carbocycles. The number of anilines is 1. The normalized spacial score (nSPS) is 18.9. The Morgan fingerprint density at radius 1 is 1.48 bits per heavy atom. The molecule has 0 spiro atoms. The molecule has 0 aliphatic carbocycles. The van der Waals surface area contributed by atoms with E-state index in [2.05, 4.69) is 23.6 Å². The van der Waals surface area contributed by atoms with Crippen molar-refractivity contribution in [1.29, 1.82) is 0 Å². The number of hydrogen-bond acceptors (Lipinski definition) is 4. The summed E-state index contributed by atoms with van der Waals surface area (Å²) in [7, 11) is 0. The molecular formula is C16H19N3S2. The minimum atomic E-state index is 0.438. The summed E-state index contributed by atoms with van der Waals surface area (Å²) in [5.74, 6) is 2.14. The third-order valence-electron chi connectivity index (χ3n) is 3.89. The number of para-hydroxylation sites is 1. The maximum Gasteiger partial charge on any atom is 0.130 e. The number of nitrogens with zero attached hydrogens (tertiary/aromatic N) is 2. The molecule has 110 valence electrons. The zero-order chi connectivity index (χ0) is 14.8. The average molecular weight is 317 g/mol. The van der Waals surface area contributed by atoms with Crippen molar-refractivity contribution in [2.75, 3.05) is 23.7 Å². The van der Waals surface area contributed by atoms with Crippen LogP contribution in [-0.4, -0.2) is 34.1 Å².